The van der Waals surface area contributed by atoms with E-state index in [1.807, 2.05) is 4.90 Å². The first-order valence-electron chi connectivity index (χ1n) is 6.70. The maximum absolute atomic E-state index is 12.1. The molecular formula is C13H25NO2. The summed E-state index contributed by atoms with van der Waals surface area (Å²) in [5, 5.41) is 0. The monoisotopic (exact) mass is 227 g/mol. The van der Waals surface area contributed by atoms with Gasteiger partial charge in [0.25, 0.3) is 5.91 Å². The molecule has 1 fully saturated rings. The van der Waals surface area contributed by atoms with Gasteiger partial charge in [-0.2, -0.15) is 0 Å². The van der Waals surface area contributed by atoms with Crippen molar-refractivity contribution < 1.29 is 9.53 Å². The molecule has 1 aliphatic rings. The zero-order valence-corrected chi connectivity index (χ0v) is 10.7. The normalized spacial score (nSPS) is 20.0. The fraction of sp³-hybridized carbons (Fsp3) is 0.923. The van der Waals surface area contributed by atoms with Crippen LogP contribution in [0.3, 0.4) is 0 Å². The smallest absolute Gasteiger partial charge is 0.251 e. The fourth-order valence-corrected chi connectivity index (χ4v) is 2.13. The zero-order chi connectivity index (χ0) is 11.8. The van der Waals surface area contributed by atoms with Crippen molar-refractivity contribution in [3.8, 4) is 0 Å². The molecule has 0 radical (unpaired) electrons. The molecule has 0 bridgehead atoms. The number of carbonyl (C=O) groups excluding carboxylic acids is 1. The molecule has 0 aromatic heterocycles. The van der Waals surface area contributed by atoms with Gasteiger partial charge in [-0.15, -0.1) is 0 Å². The third kappa shape index (κ3) is 4.12. The molecular weight excluding hydrogens is 202 g/mol. The van der Waals surface area contributed by atoms with E-state index in [0.717, 1.165) is 45.4 Å². The molecule has 0 N–H and O–H groups in total. The minimum Gasteiger partial charge on any atom is -0.368 e. The molecule has 1 atom stereocenters. The molecule has 1 rings (SSSR count). The number of nitrogens with zero attached hydrogens (tertiary/aromatic N) is 1. The Morgan fingerprint density at radius 2 is 2.06 bits per heavy atom. The van der Waals surface area contributed by atoms with Crippen molar-refractivity contribution in [1.82, 2.24) is 4.90 Å². The van der Waals surface area contributed by atoms with Crippen LogP contribution in [0, 0.1) is 0 Å². The van der Waals surface area contributed by atoms with Crippen LogP contribution < -0.4 is 0 Å². The van der Waals surface area contributed by atoms with Gasteiger partial charge in [0.05, 0.1) is 0 Å². The number of ether oxygens (including phenoxy) is 1. The average Bonchev–Trinajstić information content (AvgIpc) is 2.81. The van der Waals surface area contributed by atoms with Crippen molar-refractivity contribution >= 4 is 5.91 Å². The van der Waals surface area contributed by atoms with Gasteiger partial charge >= 0.3 is 0 Å². The van der Waals surface area contributed by atoms with E-state index >= 15 is 0 Å². The second kappa shape index (κ2) is 7.66. The molecule has 1 aliphatic heterocycles. The summed E-state index contributed by atoms with van der Waals surface area (Å²) >= 11 is 0. The summed E-state index contributed by atoms with van der Waals surface area (Å²) in [7, 11) is 0. The van der Waals surface area contributed by atoms with Crippen LogP contribution in [-0.4, -0.2) is 36.6 Å². The molecule has 1 saturated heterocycles. The van der Waals surface area contributed by atoms with Crippen LogP contribution in [0.4, 0.5) is 0 Å². The Kier molecular flexibility index (Phi) is 6.46. The Labute approximate surface area is 99.1 Å². The second-order valence-electron chi connectivity index (χ2n) is 4.53. The molecule has 0 aromatic rings. The number of amides is 1. The molecule has 1 unspecified atom stereocenters. The minimum atomic E-state index is -0.145. The number of carbonyl (C=O) groups is 1. The third-order valence-electron chi connectivity index (χ3n) is 3.04. The summed E-state index contributed by atoms with van der Waals surface area (Å²) in [5.41, 5.74) is 0. The highest BCUT2D eigenvalue weighted by Crippen LogP contribution is 2.15. The first-order valence-corrected chi connectivity index (χ1v) is 6.70. The van der Waals surface area contributed by atoms with Crippen molar-refractivity contribution in [3.05, 3.63) is 0 Å². The largest absolute Gasteiger partial charge is 0.368 e. The maximum Gasteiger partial charge on any atom is 0.251 e. The van der Waals surface area contributed by atoms with Crippen molar-refractivity contribution in [1.29, 1.82) is 0 Å². The van der Waals surface area contributed by atoms with Gasteiger partial charge in [-0.25, -0.2) is 0 Å². The van der Waals surface area contributed by atoms with Gasteiger partial charge in [0.15, 0.2) is 0 Å². The first kappa shape index (κ1) is 13.5. The Morgan fingerprint density at radius 1 is 1.25 bits per heavy atom. The second-order valence-corrected chi connectivity index (χ2v) is 4.53. The molecule has 0 saturated carbocycles. The lowest BCUT2D eigenvalue weighted by Crippen LogP contribution is -2.40. The highest BCUT2D eigenvalue weighted by molar-refractivity contribution is 5.81. The van der Waals surface area contributed by atoms with Crippen LogP contribution in [0.1, 0.15) is 52.4 Å². The Bertz CT molecular complexity index is 200. The van der Waals surface area contributed by atoms with Crippen LogP contribution >= 0.6 is 0 Å². The molecule has 1 amide bonds. The summed E-state index contributed by atoms with van der Waals surface area (Å²) in [4.78, 5) is 14.1. The van der Waals surface area contributed by atoms with Crippen LogP contribution in [0.15, 0.2) is 0 Å². The third-order valence-corrected chi connectivity index (χ3v) is 3.04. The first-order chi connectivity index (χ1) is 7.79. The quantitative estimate of drug-likeness (QED) is 0.626. The van der Waals surface area contributed by atoms with E-state index in [0.29, 0.717) is 0 Å². The highest BCUT2D eigenvalue weighted by Gasteiger charge is 2.27. The van der Waals surface area contributed by atoms with E-state index in [2.05, 4.69) is 13.8 Å². The predicted molar refractivity (Wildman–Crippen MR) is 65.4 cm³/mol. The molecule has 3 heteroatoms. The molecule has 0 aromatic carbocycles. The lowest BCUT2D eigenvalue weighted by molar-refractivity contribution is -0.141. The van der Waals surface area contributed by atoms with Crippen LogP contribution in [-0.2, 0) is 9.53 Å². The molecule has 1 heterocycles. The van der Waals surface area contributed by atoms with Crippen LogP contribution in [0.25, 0.3) is 0 Å². The lowest BCUT2D eigenvalue weighted by Gasteiger charge is -2.24. The Balaban J connectivity index is 2.37. The Hall–Kier alpha value is -0.570. The maximum atomic E-state index is 12.1. The number of hydrogen-bond donors (Lipinski definition) is 0. The van der Waals surface area contributed by atoms with E-state index < -0.39 is 0 Å². The number of rotatable bonds is 7. The van der Waals surface area contributed by atoms with E-state index in [9.17, 15) is 4.79 Å². The van der Waals surface area contributed by atoms with Gasteiger partial charge in [-0.3, -0.25) is 4.79 Å². The number of unbranched alkanes of at least 4 members (excludes halogenated alkanes) is 2. The van der Waals surface area contributed by atoms with E-state index in [4.69, 9.17) is 4.74 Å². The van der Waals surface area contributed by atoms with Gasteiger partial charge in [0.2, 0.25) is 0 Å². The van der Waals surface area contributed by atoms with Gasteiger partial charge < -0.3 is 9.64 Å². The summed E-state index contributed by atoms with van der Waals surface area (Å²) in [6.07, 6.45) is 6.36. The Morgan fingerprint density at radius 3 is 2.62 bits per heavy atom. The predicted octanol–water partition coefficient (Wildman–Crippen LogP) is 2.59. The van der Waals surface area contributed by atoms with Gasteiger partial charge in [-0.1, -0.05) is 26.7 Å². The van der Waals surface area contributed by atoms with E-state index in [-0.39, 0.29) is 12.0 Å². The van der Waals surface area contributed by atoms with Gasteiger partial charge in [-0.05, 0) is 25.7 Å². The summed E-state index contributed by atoms with van der Waals surface area (Å²) in [6.45, 7) is 6.84. The van der Waals surface area contributed by atoms with Crippen molar-refractivity contribution in [2.75, 3.05) is 19.7 Å². The fourth-order valence-electron chi connectivity index (χ4n) is 2.13. The number of hydrogen-bond acceptors (Lipinski definition) is 2. The summed E-state index contributed by atoms with van der Waals surface area (Å²) in [5.74, 6) is 0.218. The zero-order valence-electron chi connectivity index (χ0n) is 10.7. The lowest BCUT2D eigenvalue weighted by atomic mass is 10.2. The van der Waals surface area contributed by atoms with Crippen molar-refractivity contribution in [2.45, 2.75) is 58.5 Å². The SMILES string of the molecule is CCCCCN(CCC)C(=O)C1CCCO1. The molecule has 3 nitrogen and oxygen atoms in total. The van der Waals surface area contributed by atoms with E-state index in [1.54, 1.807) is 0 Å². The highest BCUT2D eigenvalue weighted by atomic mass is 16.5. The van der Waals surface area contributed by atoms with Crippen LogP contribution in [0.5, 0.6) is 0 Å². The topological polar surface area (TPSA) is 29.5 Å². The van der Waals surface area contributed by atoms with Crippen molar-refractivity contribution in [3.63, 3.8) is 0 Å². The molecule has 16 heavy (non-hydrogen) atoms. The van der Waals surface area contributed by atoms with Crippen LogP contribution in [0.2, 0.25) is 0 Å². The summed E-state index contributed by atoms with van der Waals surface area (Å²) in [6, 6.07) is 0. The summed E-state index contributed by atoms with van der Waals surface area (Å²) < 4.78 is 5.46. The van der Waals surface area contributed by atoms with E-state index in [1.165, 1.54) is 12.8 Å². The molecule has 94 valence electrons. The molecule has 0 aliphatic carbocycles. The van der Waals surface area contributed by atoms with Crippen molar-refractivity contribution in [2.24, 2.45) is 0 Å². The average molecular weight is 227 g/mol. The minimum absolute atomic E-state index is 0.145. The molecule has 0 spiro atoms. The van der Waals surface area contributed by atoms with Gasteiger partial charge in [0, 0.05) is 19.7 Å². The standard InChI is InChI=1S/C13H25NO2/c1-3-5-6-10-14(9-4-2)13(15)12-8-7-11-16-12/h12H,3-11H2,1-2H3. The van der Waals surface area contributed by atoms with Gasteiger partial charge in [0.1, 0.15) is 6.10 Å².